The SMILES string of the molecule is COc1ccc(C(=O)c2ccc(Cl)c(C)c2)c(OC)c1Cl. The number of aryl methyl sites for hydroxylation is 1. The number of halogens is 2. The van der Waals surface area contributed by atoms with Crippen LogP contribution in [-0.2, 0) is 0 Å². The Morgan fingerprint density at radius 1 is 1.05 bits per heavy atom. The number of hydrogen-bond acceptors (Lipinski definition) is 3. The summed E-state index contributed by atoms with van der Waals surface area (Å²) in [5, 5.41) is 0.891. The first kappa shape index (κ1) is 15.7. The Balaban J connectivity index is 2.52. The van der Waals surface area contributed by atoms with Gasteiger partial charge in [0, 0.05) is 10.6 Å². The molecule has 21 heavy (non-hydrogen) atoms. The van der Waals surface area contributed by atoms with Crippen molar-refractivity contribution in [3.05, 3.63) is 57.1 Å². The van der Waals surface area contributed by atoms with Crippen LogP contribution in [0.1, 0.15) is 21.5 Å². The van der Waals surface area contributed by atoms with E-state index in [9.17, 15) is 4.79 Å². The highest BCUT2D eigenvalue weighted by Crippen LogP contribution is 2.37. The molecule has 0 bridgehead atoms. The van der Waals surface area contributed by atoms with Crippen LogP contribution in [0.3, 0.4) is 0 Å². The van der Waals surface area contributed by atoms with Crippen LogP contribution in [0.4, 0.5) is 0 Å². The Bertz CT molecular complexity index is 696. The highest BCUT2D eigenvalue weighted by atomic mass is 35.5. The predicted molar refractivity (Wildman–Crippen MR) is 84.2 cm³/mol. The first-order chi connectivity index (χ1) is 9.99. The molecule has 2 rings (SSSR count). The molecule has 0 aliphatic rings. The van der Waals surface area contributed by atoms with Crippen molar-refractivity contribution in [2.45, 2.75) is 6.92 Å². The van der Waals surface area contributed by atoms with E-state index in [1.165, 1.54) is 14.2 Å². The minimum Gasteiger partial charge on any atom is -0.495 e. The Labute approximate surface area is 133 Å². The van der Waals surface area contributed by atoms with Crippen molar-refractivity contribution < 1.29 is 14.3 Å². The van der Waals surface area contributed by atoms with Gasteiger partial charge in [-0.25, -0.2) is 0 Å². The van der Waals surface area contributed by atoms with Gasteiger partial charge in [-0.3, -0.25) is 4.79 Å². The van der Waals surface area contributed by atoms with E-state index < -0.39 is 0 Å². The maximum atomic E-state index is 12.6. The maximum Gasteiger partial charge on any atom is 0.196 e. The third-order valence-corrected chi connectivity index (χ3v) is 3.93. The highest BCUT2D eigenvalue weighted by molar-refractivity contribution is 6.34. The molecule has 0 atom stereocenters. The zero-order valence-electron chi connectivity index (χ0n) is 11.9. The number of carbonyl (C=O) groups excluding carboxylic acids is 1. The molecule has 0 fully saturated rings. The van der Waals surface area contributed by atoms with Crippen LogP contribution in [0.15, 0.2) is 30.3 Å². The normalized spacial score (nSPS) is 10.3. The summed E-state index contributed by atoms with van der Waals surface area (Å²) in [6, 6.07) is 8.38. The summed E-state index contributed by atoms with van der Waals surface area (Å²) >= 11 is 12.2. The fourth-order valence-electron chi connectivity index (χ4n) is 2.02. The molecular formula is C16H14Cl2O3. The first-order valence-electron chi connectivity index (χ1n) is 6.21. The lowest BCUT2D eigenvalue weighted by molar-refractivity contribution is 0.103. The highest BCUT2D eigenvalue weighted by Gasteiger charge is 2.20. The lowest BCUT2D eigenvalue weighted by atomic mass is 10.0. The Morgan fingerprint density at radius 3 is 2.33 bits per heavy atom. The minimum atomic E-state index is -0.184. The minimum absolute atomic E-state index is 0.184. The molecule has 0 radical (unpaired) electrons. The van der Waals surface area contributed by atoms with Crippen molar-refractivity contribution in [1.82, 2.24) is 0 Å². The molecule has 0 aliphatic carbocycles. The van der Waals surface area contributed by atoms with Crippen LogP contribution < -0.4 is 9.47 Å². The fourth-order valence-corrected chi connectivity index (χ4v) is 2.45. The van der Waals surface area contributed by atoms with E-state index in [2.05, 4.69) is 0 Å². The number of carbonyl (C=O) groups is 1. The number of rotatable bonds is 4. The summed E-state index contributed by atoms with van der Waals surface area (Å²) in [5.41, 5.74) is 1.74. The van der Waals surface area contributed by atoms with Crippen molar-refractivity contribution in [1.29, 1.82) is 0 Å². The van der Waals surface area contributed by atoms with Crippen molar-refractivity contribution in [3.63, 3.8) is 0 Å². The van der Waals surface area contributed by atoms with Gasteiger partial charge in [0.1, 0.15) is 10.8 Å². The molecule has 3 nitrogen and oxygen atoms in total. The summed E-state index contributed by atoms with van der Waals surface area (Å²) < 4.78 is 10.4. The molecule has 0 spiro atoms. The number of benzene rings is 2. The molecule has 0 unspecified atom stereocenters. The van der Waals surface area contributed by atoms with Crippen LogP contribution in [-0.4, -0.2) is 20.0 Å². The third-order valence-electron chi connectivity index (χ3n) is 3.15. The second-order valence-corrected chi connectivity index (χ2v) is 5.24. The van der Waals surface area contributed by atoms with E-state index in [-0.39, 0.29) is 10.8 Å². The molecule has 0 aliphatic heterocycles. The van der Waals surface area contributed by atoms with Gasteiger partial charge in [0.2, 0.25) is 0 Å². The summed E-state index contributed by atoms with van der Waals surface area (Å²) in [4.78, 5) is 12.6. The van der Waals surface area contributed by atoms with Gasteiger partial charge in [0.05, 0.1) is 19.8 Å². The van der Waals surface area contributed by atoms with Crippen molar-refractivity contribution in [3.8, 4) is 11.5 Å². The van der Waals surface area contributed by atoms with Crippen LogP contribution in [0.25, 0.3) is 0 Å². The van der Waals surface area contributed by atoms with Crippen molar-refractivity contribution >= 4 is 29.0 Å². The molecule has 0 saturated carbocycles. The largest absolute Gasteiger partial charge is 0.495 e. The Morgan fingerprint density at radius 2 is 1.76 bits per heavy atom. The van der Waals surface area contributed by atoms with Gasteiger partial charge in [-0.15, -0.1) is 0 Å². The number of hydrogen-bond donors (Lipinski definition) is 0. The predicted octanol–water partition coefficient (Wildman–Crippen LogP) is 4.55. The molecule has 0 saturated heterocycles. The van der Waals surface area contributed by atoms with Gasteiger partial charge >= 0.3 is 0 Å². The molecule has 2 aromatic carbocycles. The van der Waals surface area contributed by atoms with E-state index >= 15 is 0 Å². The third kappa shape index (κ3) is 2.99. The average Bonchev–Trinajstić information content (AvgIpc) is 2.49. The zero-order chi connectivity index (χ0) is 15.6. The lowest BCUT2D eigenvalue weighted by Gasteiger charge is -2.12. The summed E-state index contributed by atoms with van der Waals surface area (Å²) in [6.45, 7) is 1.84. The molecule has 110 valence electrons. The zero-order valence-corrected chi connectivity index (χ0v) is 13.4. The van der Waals surface area contributed by atoms with Gasteiger partial charge < -0.3 is 9.47 Å². The van der Waals surface area contributed by atoms with E-state index in [1.54, 1.807) is 30.3 Å². The topological polar surface area (TPSA) is 35.5 Å². The standard InChI is InChI=1S/C16H14Cl2O3/c1-9-8-10(4-6-12(9)17)15(19)11-5-7-13(20-2)14(18)16(11)21-3/h4-8H,1-3H3. The molecule has 0 N–H and O–H groups in total. The van der Waals surface area contributed by atoms with Crippen molar-refractivity contribution in [2.24, 2.45) is 0 Å². The summed E-state index contributed by atoms with van der Waals surface area (Å²) in [5.74, 6) is 0.571. The Hall–Kier alpha value is -1.71. The second kappa shape index (κ2) is 6.37. The van der Waals surface area contributed by atoms with Crippen LogP contribution >= 0.6 is 23.2 Å². The number of ether oxygens (including phenoxy) is 2. The smallest absolute Gasteiger partial charge is 0.196 e. The van der Waals surface area contributed by atoms with Gasteiger partial charge in [0.15, 0.2) is 11.5 Å². The quantitative estimate of drug-likeness (QED) is 0.774. The van der Waals surface area contributed by atoms with E-state index in [0.717, 1.165) is 5.56 Å². The molecule has 0 amide bonds. The van der Waals surface area contributed by atoms with Crippen LogP contribution in [0, 0.1) is 6.92 Å². The molecule has 0 heterocycles. The van der Waals surface area contributed by atoms with Gasteiger partial charge in [-0.05, 0) is 42.8 Å². The maximum absolute atomic E-state index is 12.6. The first-order valence-corrected chi connectivity index (χ1v) is 6.96. The molecule has 5 heteroatoms. The van der Waals surface area contributed by atoms with Gasteiger partial charge in [-0.1, -0.05) is 23.2 Å². The number of ketones is 1. The molecule has 0 aromatic heterocycles. The van der Waals surface area contributed by atoms with Crippen LogP contribution in [0.2, 0.25) is 10.0 Å². The molecular weight excluding hydrogens is 311 g/mol. The summed E-state index contributed by atoms with van der Waals surface area (Å²) in [6.07, 6.45) is 0. The fraction of sp³-hybridized carbons (Fsp3) is 0.188. The van der Waals surface area contributed by atoms with E-state index in [0.29, 0.717) is 27.6 Å². The van der Waals surface area contributed by atoms with E-state index in [1.807, 2.05) is 6.92 Å². The van der Waals surface area contributed by atoms with Crippen molar-refractivity contribution in [2.75, 3.05) is 14.2 Å². The van der Waals surface area contributed by atoms with Gasteiger partial charge in [0.25, 0.3) is 0 Å². The molecule has 2 aromatic rings. The summed E-state index contributed by atoms with van der Waals surface area (Å²) in [7, 11) is 2.97. The second-order valence-electron chi connectivity index (χ2n) is 4.46. The number of methoxy groups -OCH3 is 2. The lowest BCUT2D eigenvalue weighted by Crippen LogP contribution is -2.05. The van der Waals surface area contributed by atoms with Gasteiger partial charge in [-0.2, -0.15) is 0 Å². The average molecular weight is 325 g/mol. The van der Waals surface area contributed by atoms with E-state index in [4.69, 9.17) is 32.7 Å². The monoisotopic (exact) mass is 324 g/mol. The Kier molecular flexibility index (Phi) is 4.76. The van der Waals surface area contributed by atoms with Crippen LogP contribution in [0.5, 0.6) is 11.5 Å².